The van der Waals surface area contributed by atoms with Crippen LogP contribution in [0.4, 0.5) is 0 Å². The fraction of sp³-hybridized carbons (Fsp3) is 0.714. The number of carbonyl (C=O) groups is 1. The molecule has 3 fully saturated rings. The van der Waals surface area contributed by atoms with Crippen LogP contribution in [0, 0.1) is 12.8 Å². The van der Waals surface area contributed by atoms with E-state index in [4.69, 9.17) is 4.74 Å². The minimum atomic E-state index is 0.0868. The maximum Gasteiger partial charge on any atom is 0.272 e. The monoisotopic (exact) mass is 357 g/mol. The molecule has 1 unspecified atom stereocenters. The Balaban J connectivity index is 1.43. The summed E-state index contributed by atoms with van der Waals surface area (Å²) in [5.74, 6) is 0.976. The van der Waals surface area contributed by atoms with Crippen LogP contribution in [0.15, 0.2) is 18.2 Å². The zero-order valence-corrected chi connectivity index (χ0v) is 16.1. The van der Waals surface area contributed by atoms with Crippen LogP contribution in [0.25, 0.3) is 0 Å². The second kappa shape index (κ2) is 7.28. The minimum Gasteiger partial charge on any atom is -0.383 e. The lowest BCUT2D eigenvalue weighted by atomic mass is 9.84. The zero-order valence-electron chi connectivity index (χ0n) is 16.1. The lowest BCUT2D eigenvalue weighted by molar-refractivity contribution is 0.00896. The average molecular weight is 357 g/mol. The summed E-state index contributed by atoms with van der Waals surface area (Å²) in [5, 5.41) is 0. The highest BCUT2D eigenvalue weighted by molar-refractivity contribution is 5.92. The van der Waals surface area contributed by atoms with Gasteiger partial charge in [-0.05, 0) is 63.5 Å². The molecule has 1 aromatic heterocycles. The van der Waals surface area contributed by atoms with E-state index in [0.717, 1.165) is 44.1 Å². The largest absolute Gasteiger partial charge is 0.383 e. The van der Waals surface area contributed by atoms with Crippen LogP contribution >= 0.6 is 0 Å². The van der Waals surface area contributed by atoms with Gasteiger partial charge in [-0.3, -0.25) is 9.69 Å². The number of amides is 1. The molecule has 2 aliphatic heterocycles. The molecular formula is C21H31N3O2. The first kappa shape index (κ1) is 17.9. The van der Waals surface area contributed by atoms with Gasteiger partial charge in [-0.1, -0.05) is 6.07 Å². The number of ether oxygens (including phenoxy) is 1. The summed E-state index contributed by atoms with van der Waals surface area (Å²) in [5.41, 5.74) is 1.76. The quantitative estimate of drug-likeness (QED) is 0.813. The average Bonchev–Trinajstić information content (AvgIpc) is 3.42. The number of nitrogens with zero attached hydrogens (tertiary/aromatic N) is 3. The highest BCUT2D eigenvalue weighted by atomic mass is 16.5. The first-order valence-corrected chi connectivity index (χ1v) is 10.1. The predicted octanol–water partition coefficient (Wildman–Crippen LogP) is 2.89. The van der Waals surface area contributed by atoms with Crippen molar-refractivity contribution in [2.45, 2.75) is 57.0 Å². The summed E-state index contributed by atoms with van der Waals surface area (Å²) < 4.78 is 5.51. The molecule has 1 aromatic rings. The van der Waals surface area contributed by atoms with Gasteiger partial charge in [0.15, 0.2) is 0 Å². The van der Waals surface area contributed by atoms with Crippen LogP contribution < -0.4 is 0 Å². The molecule has 0 bridgehead atoms. The van der Waals surface area contributed by atoms with Crippen molar-refractivity contribution in [1.82, 2.24) is 14.8 Å². The Morgan fingerprint density at radius 1 is 1.23 bits per heavy atom. The van der Waals surface area contributed by atoms with Crippen molar-refractivity contribution in [1.29, 1.82) is 0 Å². The van der Waals surface area contributed by atoms with Gasteiger partial charge in [-0.2, -0.15) is 0 Å². The number of carbonyl (C=O) groups excluding carboxylic acids is 1. The highest BCUT2D eigenvalue weighted by Gasteiger charge is 2.49. The molecule has 5 heteroatoms. The molecule has 1 saturated carbocycles. The van der Waals surface area contributed by atoms with E-state index >= 15 is 0 Å². The van der Waals surface area contributed by atoms with Gasteiger partial charge in [0, 0.05) is 44.0 Å². The van der Waals surface area contributed by atoms with Crippen LogP contribution in [0.2, 0.25) is 0 Å². The Kier molecular flexibility index (Phi) is 5.02. The smallest absolute Gasteiger partial charge is 0.272 e. The van der Waals surface area contributed by atoms with Gasteiger partial charge in [0.2, 0.25) is 0 Å². The number of pyridine rings is 1. The van der Waals surface area contributed by atoms with E-state index in [1.54, 1.807) is 0 Å². The molecule has 5 nitrogen and oxygen atoms in total. The molecule has 1 spiro atoms. The molecule has 1 atom stereocenters. The first-order valence-electron chi connectivity index (χ1n) is 10.1. The molecule has 2 saturated heterocycles. The van der Waals surface area contributed by atoms with E-state index in [-0.39, 0.29) is 11.4 Å². The number of aromatic nitrogens is 1. The summed E-state index contributed by atoms with van der Waals surface area (Å²) in [6.07, 6.45) is 7.41. The molecule has 26 heavy (non-hydrogen) atoms. The van der Waals surface area contributed by atoms with Gasteiger partial charge in [-0.25, -0.2) is 4.98 Å². The van der Waals surface area contributed by atoms with Gasteiger partial charge in [-0.15, -0.1) is 0 Å². The van der Waals surface area contributed by atoms with Crippen molar-refractivity contribution in [3.05, 3.63) is 29.6 Å². The topological polar surface area (TPSA) is 45.7 Å². The maximum atomic E-state index is 12.8. The number of rotatable bonds is 5. The summed E-state index contributed by atoms with van der Waals surface area (Å²) in [6.45, 7) is 5.68. The number of methoxy groups -OCH3 is 1. The van der Waals surface area contributed by atoms with Gasteiger partial charge < -0.3 is 9.64 Å². The molecule has 1 aliphatic carbocycles. The van der Waals surface area contributed by atoms with Crippen molar-refractivity contribution in [3.8, 4) is 0 Å². The third-order valence-electron chi connectivity index (χ3n) is 6.59. The zero-order chi connectivity index (χ0) is 18.1. The van der Waals surface area contributed by atoms with E-state index in [2.05, 4.69) is 9.88 Å². The number of aryl methyl sites for hydroxylation is 1. The molecule has 4 rings (SSSR count). The Hall–Kier alpha value is -1.46. The Morgan fingerprint density at radius 2 is 2.00 bits per heavy atom. The summed E-state index contributed by atoms with van der Waals surface area (Å²) in [6, 6.07) is 6.25. The summed E-state index contributed by atoms with van der Waals surface area (Å²) in [7, 11) is 1.82. The fourth-order valence-corrected chi connectivity index (χ4v) is 4.90. The standard InChI is InChI=1S/C21H31N3O2/c1-16-4-3-5-19(22-16)20(25)23-12-10-21(11-13-23)9-8-18(15-26-2)24(21)14-17-6-7-17/h3-5,17-18H,6-15H2,1-2H3. The molecule has 0 radical (unpaired) electrons. The van der Waals surface area contributed by atoms with Gasteiger partial charge in [0.25, 0.3) is 5.91 Å². The molecule has 0 N–H and O–H groups in total. The van der Waals surface area contributed by atoms with Gasteiger partial charge >= 0.3 is 0 Å². The minimum absolute atomic E-state index is 0.0868. The van der Waals surface area contributed by atoms with E-state index in [1.807, 2.05) is 37.1 Å². The third-order valence-corrected chi connectivity index (χ3v) is 6.59. The molecule has 1 amide bonds. The van der Waals surface area contributed by atoms with Crippen LogP contribution in [0.1, 0.15) is 54.7 Å². The van der Waals surface area contributed by atoms with E-state index in [1.165, 1.54) is 32.2 Å². The first-order chi connectivity index (χ1) is 12.6. The van der Waals surface area contributed by atoms with E-state index < -0.39 is 0 Å². The molecule has 0 aromatic carbocycles. The SMILES string of the molecule is COCC1CCC2(CCN(C(=O)c3cccc(C)n3)CC2)N1CC1CC1. The highest BCUT2D eigenvalue weighted by Crippen LogP contribution is 2.44. The second-order valence-corrected chi connectivity index (χ2v) is 8.42. The van der Waals surface area contributed by atoms with Crippen molar-refractivity contribution in [2.75, 3.05) is 33.4 Å². The lowest BCUT2D eigenvalue weighted by Gasteiger charge is -2.46. The van der Waals surface area contributed by atoms with Crippen molar-refractivity contribution >= 4 is 5.91 Å². The number of hydrogen-bond acceptors (Lipinski definition) is 4. The molecular weight excluding hydrogens is 326 g/mol. The van der Waals surface area contributed by atoms with Gasteiger partial charge in [0.1, 0.15) is 5.69 Å². The molecule has 142 valence electrons. The Bertz CT molecular complexity index is 650. The van der Waals surface area contributed by atoms with Gasteiger partial charge in [0.05, 0.1) is 6.61 Å². The molecule has 3 heterocycles. The number of piperidine rings is 1. The van der Waals surface area contributed by atoms with Crippen LogP contribution in [-0.2, 0) is 4.74 Å². The number of likely N-dealkylation sites (tertiary alicyclic amines) is 2. The van der Waals surface area contributed by atoms with E-state index in [9.17, 15) is 4.79 Å². The fourth-order valence-electron chi connectivity index (χ4n) is 4.90. The van der Waals surface area contributed by atoms with Crippen LogP contribution in [0.3, 0.4) is 0 Å². The Labute approximate surface area is 156 Å². The van der Waals surface area contributed by atoms with Crippen LogP contribution in [0.5, 0.6) is 0 Å². The normalized spacial score (nSPS) is 25.8. The number of hydrogen-bond donors (Lipinski definition) is 0. The second-order valence-electron chi connectivity index (χ2n) is 8.42. The predicted molar refractivity (Wildman–Crippen MR) is 101 cm³/mol. The summed E-state index contributed by atoms with van der Waals surface area (Å²) in [4.78, 5) is 22.0. The summed E-state index contributed by atoms with van der Waals surface area (Å²) >= 11 is 0. The lowest BCUT2D eigenvalue weighted by Crippen LogP contribution is -2.56. The van der Waals surface area contributed by atoms with Crippen molar-refractivity contribution in [3.63, 3.8) is 0 Å². The third kappa shape index (κ3) is 3.52. The van der Waals surface area contributed by atoms with Crippen LogP contribution in [-0.4, -0.2) is 65.6 Å². The maximum absolute atomic E-state index is 12.8. The molecule has 3 aliphatic rings. The van der Waals surface area contributed by atoms with E-state index in [0.29, 0.717) is 11.7 Å². The van der Waals surface area contributed by atoms with Crippen molar-refractivity contribution < 1.29 is 9.53 Å². The van der Waals surface area contributed by atoms with Crippen molar-refractivity contribution in [2.24, 2.45) is 5.92 Å². The Morgan fingerprint density at radius 3 is 2.65 bits per heavy atom.